The Kier molecular flexibility index (Phi) is 8.52. The molecule has 1 heterocycles. The minimum absolute atomic E-state index is 0.00885. The Hall–Kier alpha value is -3.03. The van der Waals surface area contributed by atoms with E-state index in [1.54, 1.807) is 19.9 Å². The van der Waals surface area contributed by atoms with Crippen LogP contribution in [0.2, 0.25) is 0 Å². The van der Waals surface area contributed by atoms with Crippen LogP contribution in [0, 0.1) is 0 Å². The Balaban J connectivity index is 2.36. The second kappa shape index (κ2) is 10.7. The van der Waals surface area contributed by atoms with Gasteiger partial charge in [0.2, 0.25) is 0 Å². The Bertz CT molecular complexity index is 902. The van der Waals surface area contributed by atoms with Crippen molar-refractivity contribution < 1.29 is 43.6 Å². The fraction of sp³-hybridized carbons (Fsp3) is 0.500. The van der Waals surface area contributed by atoms with E-state index in [9.17, 15) is 29.4 Å². The SMILES string of the molecule is COc1cccc(OC)c1C(=O)N[C@@H](C(=O)OC[C@@H](N)C(=O)[O-])[C@@H]1N[C@H](C(=O)[O-])C(C)(C)S1. The van der Waals surface area contributed by atoms with E-state index in [-0.39, 0.29) is 17.1 Å². The lowest BCUT2D eigenvalue weighted by Gasteiger charge is -2.25. The summed E-state index contributed by atoms with van der Waals surface area (Å²) >= 11 is 1.07. The fourth-order valence-electron chi connectivity index (χ4n) is 3.19. The number of carboxylic acid groups (broad SMARTS) is 2. The van der Waals surface area contributed by atoms with Crippen LogP contribution in [-0.4, -0.2) is 72.9 Å². The molecule has 0 spiro atoms. The smallest absolute Gasteiger partial charge is 0.331 e. The number of esters is 1. The van der Waals surface area contributed by atoms with E-state index < -0.39 is 58.7 Å². The molecule has 1 aliphatic rings. The molecule has 0 saturated carbocycles. The summed E-state index contributed by atoms with van der Waals surface area (Å²) in [6.07, 6.45) is 0. The number of rotatable bonds is 10. The van der Waals surface area contributed by atoms with Crippen LogP contribution in [0.1, 0.15) is 24.2 Å². The Morgan fingerprint density at radius 3 is 2.21 bits per heavy atom. The first-order chi connectivity index (χ1) is 15.4. The highest BCUT2D eigenvalue weighted by atomic mass is 32.2. The van der Waals surface area contributed by atoms with Gasteiger partial charge in [0.25, 0.3) is 5.91 Å². The van der Waals surface area contributed by atoms with Gasteiger partial charge in [-0.2, -0.15) is 0 Å². The number of carbonyl (C=O) groups is 4. The van der Waals surface area contributed by atoms with Gasteiger partial charge < -0.3 is 45.1 Å². The number of ether oxygens (including phenoxy) is 3. The third-order valence-corrected chi connectivity index (χ3v) is 6.40. The minimum Gasteiger partial charge on any atom is -0.548 e. The molecule has 1 saturated heterocycles. The topological polar surface area (TPSA) is 192 Å². The van der Waals surface area contributed by atoms with Gasteiger partial charge in [0.15, 0.2) is 6.04 Å². The molecular weight excluding hydrogens is 458 g/mol. The number of carboxylic acids is 2. The minimum atomic E-state index is -1.63. The van der Waals surface area contributed by atoms with Gasteiger partial charge in [0.05, 0.1) is 43.6 Å². The van der Waals surface area contributed by atoms with Gasteiger partial charge in [-0.15, -0.1) is 11.8 Å². The van der Waals surface area contributed by atoms with E-state index in [0.29, 0.717) is 0 Å². The van der Waals surface area contributed by atoms with Crippen molar-refractivity contribution in [3.05, 3.63) is 23.8 Å². The Morgan fingerprint density at radius 2 is 1.76 bits per heavy atom. The monoisotopic (exact) mass is 483 g/mol. The largest absolute Gasteiger partial charge is 0.548 e. The molecule has 1 fully saturated rings. The Morgan fingerprint density at radius 1 is 1.18 bits per heavy atom. The number of benzene rings is 1. The van der Waals surface area contributed by atoms with Gasteiger partial charge in [-0.3, -0.25) is 10.1 Å². The third-order valence-electron chi connectivity index (χ3n) is 4.90. The Labute approximate surface area is 194 Å². The summed E-state index contributed by atoms with van der Waals surface area (Å²) in [7, 11) is 2.69. The zero-order valence-corrected chi connectivity index (χ0v) is 19.2. The molecule has 4 N–H and O–H groups in total. The van der Waals surface area contributed by atoms with Gasteiger partial charge in [0.1, 0.15) is 23.7 Å². The predicted molar refractivity (Wildman–Crippen MR) is 112 cm³/mol. The zero-order valence-electron chi connectivity index (χ0n) is 18.4. The van der Waals surface area contributed by atoms with Crippen molar-refractivity contribution in [2.75, 3.05) is 20.8 Å². The molecule has 0 unspecified atom stereocenters. The van der Waals surface area contributed by atoms with Crippen LogP contribution in [0.5, 0.6) is 11.5 Å². The molecule has 1 aliphatic heterocycles. The van der Waals surface area contributed by atoms with Crippen molar-refractivity contribution in [2.24, 2.45) is 5.73 Å². The summed E-state index contributed by atoms with van der Waals surface area (Å²) in [5.41, 5.74) is 5.32. The first-order valence-corrected chi connectivity index (χ1v) is 10.6. The standard InChI is InChI=1S/C20H27N3O9S/c1-20(2)14(18(27)28)23-16(33-20)13(19(29)32-8-9(21)17(25)26)22-15(24)12-10(30-3)6-5-7-11(12)31-4/h5-7,9,13-14,16,23H,8,21H2,1-4H3,(H,22,24)(H,25,26)(H,27,28)/p-2/t9-,13-,14-,16-/m1/s1. The molecule has 4 atom stereocenters. The van der Waals surface area contributed by atoms with E-state index >= 15 is 0 Å². The van der Waals surface area contributed by atoms with Crippen molar-refractivity contribution in [3.8, 4) is 11.5 Å². The number of hydrogen-bond donors (Lipinski definition) is 3. The summed E-state index contributed by atoms with van der Waals surface area (Å²) in [5.74, 6) is -4.50. The second-order valence-corrected chi connectivity index (χ2v) is 9.40. The summed E-state index contributed by atoms with van der Waals surface area (Å²) < 4.78 is 14.5. The first-order valence-electron chi connectivity index (χ1n) is 9.72. The van der Waals surface area contributed by atoms with Crippen LogP contribution in [0.15, 0.2) is 18.2 Å². The average Bonchev–Trinajstić information content (AvgIpc) is 3.09. The van der Waals surface area contributed by atoms with Gasteiger partial charge in [-0.25, -0.2) is 4.79 Å². The van der Waals surface area contributed by atoms with E-state index in [1.165, 1.54) is 26.4 Å². The van der Waals surface area contributed by atoms with Crippen LogP contribution in [0.4, 0.5) is 0 Å². The number of thioether (sulfide) groups is 1. The molecule has 0 radical (unpaired) electrons. The predicted octanol–water partition coefficient (Wildman–Crippen LogP) is -3.02. The molecule has 12 nitrogen and oxygen atoms in total. The molecular formula is C20H25N3O9S-2. The first kappa shape index (κ1) is 26.2. The average molecular weight is 483 g/mol. The van der Waals surface area contributed by atoms with Crippen LogP contribution in [-0.2, 0) is 19.1 Å². The molecule has 182 valence electrons. The molecule has 13 heteroatoms. The third kappa shape index (κ3) is 6.06. The lowest BCUT2D eigenvalue weighted by molar-refractivity contribution is -0.310. The summed E-state index contributed by atoms with van der Waals surface area (Å²) in [6.45, 7) is 2.55. The number of carbonyl (C=O) groups excluding carboxylic acids is 4. The number of methoxy groups -OCH3 is 2. The summed E-state index contributed by atoms with van der Waals surface area (Å²) in [5, 5.41) is 26.7. The highest BCUT2D eigenvalue weighted by Crippen LogP contribution is 2.39. The number of aliphatic carboxylic acids is 2. The van der Waals surface area contributed by atoms with E-state index in [1.807, 2.05) is 0 Å². The molecule has 0 aromatic heterocycles. The molecule has 1 aromatic rings. The van der Waals surface area contributed by atoms with Gasteiger partial charge in [-0.05, 0) is 26.0 Å². The molecule has 1 aromatic carbocycles. The second-order valence-electron chi connectivity index (χ2n) is 7.60. The van der Waals surface area contributed by atoms with Gasteiger partial charge >= 0.3 is 5.97 Å². The number of amides is 1. The van der Waals surface area contributed by atoms with Crippen molar-refractivity contribution in [3.63, 3.8) is 0 Å². The lowest BCUT2D eigenvalue weighted by atomic mass is 10.0. The molecule has 1 amide bonds. The van der Waals surface area contributed by atoms with E-state index in [4.69, 9.17) is 19.9 Å². The summed E-state index contributed by atoms with van der Waals surface area (Å²) in [4.78, 5) is 48.3. The lowest BCUT2D eigenvalue weighted by Crippen LogP contribution is -2.57. The molecule has 33 heavy (non-hydrogen) atoms. The van der Waals surface area contributed by atoms with Crippen LogP contribution in [0.25, 0.3) is 0 Å². The van der Waals surface area contributed by atoms with Crippen molar-refractivity contribution in [1.82, 2.24) is 10.6 Å². The van der Waals surface area contributed by atoms with E-state index in [2.05, 4.69) is 10.6 Å². The highest BCUT2D eigenvalue weighted by Gasteiger charge is 2.47. The fourth-order valence-corrected chi connectivity index (χ4v) is 4.66. The van der Waals surface area contributed by atoms with Crippen LogP contribution >= 0.6 is 11.8 Å². The van der Waals surface area contributed by atoms with Crippen LogP contribution in [0.3, 0.4) is 0 Å². The molecule has 0 bridgehead atoms. The van der Waals surface area contributed by atoms with Crippen LogP contribution < -0.4 is 36.1 Å². The maximum Gasteiger partial charge on any atom is 0.331 e. The maximum atomic E-state index is 13.1. The van der Waals surface area contributed by atoms with E-state index in [0.717, 1.165) is 11.8 Å². The maximum absolute atomic E-state index is 13.1. The number of nitrogens with two attached hydrogens (primary N) is 1. The quantitative estimate of drug-likeness (QED) is 0.286. The molecule has 0 aliphatic carbocycles. The highest BCUT2D eigenvalue weighted by molar-refractivity contribution is 8.01. The van der Waals surface area contributed by atoms with Gasteiger partial charge in [-0.1, -0.05) is 6.07 Å². The molecule has 2 rings (SSSR count). The summed E-state index contributed by atoms with van der Waals surface area (Å²) in [6, 6.07) is 0.461. The van der Waals surface area contributed by atoms with Crippen molar-refractivity contribution in [1.29, 1.82) is 0 Å². The normalized spacial score (nSPS) is 20.9. The van der Waals surface area contributed by atoms with Crippen molar-refractivity contribution >= 4 is 35.6 Å². The van der Waals surface area contributed by atoms with Gasteiger partial charge in [0, 0.05) is 4.75 Å². The number of hydrogen-bond acceptors (Lipinski definition) is 12. The van der Waals surface area contributed by atoms with Crippen molar-refractivity contribution in [2.45, 2.75) is 42.1 Å². The zero-order chi connectivity index (χ0) is 24.9. The number of nitrogens with one attached hydrogen (secondary N) is 2.